The molecule has 27 heavy (non-hydrogen) atoms. The number of carbonyl (C=O) groups is 1. The molecule has 1 aromatic heterocycles. The minimum Gasteiger partial charge on any atom is -0.494 e. The van der Waals surface area contributed by atoms with Crippen LogP contribution in [0.3, 0.4) is 0 Å². The molecule has 0 atom stereocenters. The third kappa shape index (κ3) is 3.86. The van der Waals surface area contributed by atoms with Gasteiger partial charge in [-0.25, -0.2) is 4.68 Å². The maximum Gasteiger partial charge on any atom is 0.333 e. The normalized spacial score (nSPS) is 12.7. The fourth-order valence-electron chi connectivity index (χ4n) is 2.92. The van der Waals surface area contributed by atoms with E-state index in [0.29, 0.717) is 32.2 Å². The Kier molecular flexibility index (Phi) is 5.58. The number of amides is 1. The average molecular weight is 373 g/mol. The van der Waals surface area contributed by atoms with Gasteiger partial charge in [-0.3, -0.25) is 19.0 Å². The molecule has 9 heteroatoms. The number of anilines is 2. The van der Waals surface area contributed by atoms with Crippen molar-refractivity contribution in [1.29, 1.82) is 0 Å². The summed E-state index contributed by atoms with van der Waals surface area (Å²) in [7, 11) is 0. The van der Waals surface area contributed by atoms with E-state index >= 15 is 0 Å². The first kappa shape index (κ1) is 18.7. The Morgan fingerprint density at radius 3 is 2.56 bits per heavy atom. The fourth-order valence-corrected chi connectivity index (χ4v) is 2.92. The van der Waals surface area contributed by atoms with Gasteiger partial charge in [0.2, 0.25) is 11.9 Å². The van der Waals surface area contributed by atoms with Crippen molar-refractivity contribution < 1.29 is 9.53 Å². The number of fused-ring (bicyclic) bond motifs is 1. The summed E-state index contributed by atoms with van der Waals surface area (Å²) in [6.07, 6.45) is 0.784. The summed E-state index contributed by atoms with van der Waals surface area (Å²) in [6, 6.07) is 7.42. The average Bonchev–Trinajstić information content (AvgIpc) is 3.09. The Morgan fingerprint density at radius 1 is 1.15 bits per heavy atom. The second kappa shape index (κ2) is 8.07. The van der Waals surface area contributed by atoms with Crippen LogP contribution in [0.2, 0.25) is 0 Å². The van der Waals surface area contributed by atoms with Gasteiger partial charge in [0.25, 0.3) is 0 Å². The predicted molar refractivity (Wildman–Crippen MR) is 101 cm³/mol. The van der Waals surface area contributed by atoms with Crippen LogP contribution in [0.4, 0.5) is 11.6 Å². The Labute approximate surface area is 156 Å². The van der Waals surface area contributed by atoms with Crippen molar-refractivity contribution >= 4 is 17.5 Å². The monoisotopic (exact) mass is 373 g/mol. The van der Waals surface area contributed by atoms with Crippen molar-refractivity contribution in [2.45, 2.75) is 33.4 Å². The molecule has 144 valence electrons. The Hall–Kier alpha value is -3.10. The van der Waals surface area contributed by atoms with E-state index in [1.165, 1.54) is 4.57 Å². The molecule has 1 aromatic carbocycles. The molecule has 0 unspecified atom stereocenters. The van der Waals surface area contributed by atoms with Crippen molar-refractivity contribution in [2.24, 2.45) is 0 Å². The number of nitrogens with one attached hydrogen (secondary N) is 1. The zero-order chi connectivity index (χ0) is 19.4. The van der Waals surface area contributed by atoms with Crippen molar-refractivity contribution in [1.82, 2.24) is 19.7 Å². The molecule has 0 radical (unpaired) electrons. The van der Waals surface area contributed by atoms with Gasteiger partial charge in [-0.15, -0.1) is 5.10 Å². The molecule has 0 aliphatic carbocycles. The second-order valence-corrected chi connectivity index (χ2v) is 6.15. The van der Waals surface area contributed by atoms with E-state index in [1.807, 2.05) is 43.0 Å². The second-order valence-electron chi connectivity index (χ2n) is 6.15. The largest absolute Gasteiger partial charge is 0.494 e. The van der Waals surface area contributed by atoms with E-state index in [0.717, 1.165) is 22.5 Å². The topological polar surface area (TPSA) is 98.5 Å². The van der Waals surface area contributed by atoms with Crippen LogP contribution in [0.25, 0.3) is 0 Å². The summed E-state index contributed by atoms with van der Waals surface area (Å²) >= 11 is 0. The molecule has 0 fully saturated rings. The Morgan fingerprint density at radius 2 is 1.89 bits per heavy atom. The molecule has 0 bridgehead atoms. The zero-order valence-corrected chi connectivity index (χ0v) is 15.5. The first-order chi connectivity index (χ1) is 13.0. The minimum atomic E-state index is -0.793. The molecule has 2 aromatic rings. The standard InChI is InChI=1S/C18H23N5O4/c1-3-9-19-15(24)12-23-17(26)16(25)22-11-10-21(18(22)20-23)13-5-7-14(8-6-13)27-4-2/h5-8H,3-4,9-12H2,1-2H3,(H,19,24). The van der Waals surface area contributed by atoms with Gasteiger partial charge in [0.1, 0.15) is 12.3 Å². The van der Waals surface area contributed by atoms with Gasteiger partial charge in [0, 0.05) is 25.3 Å². The number of ether oxygens (including phenoxy) is 1. The molecule has 1 aliphatic rings. The highest BCUT2D eigenvalue weighted by atomic mass is 16.5. The molecule has 0 spiro atoms. The highest BCUT2D eigenvalue weighted by molar-refractivity contribution is 5.75. The van der Waals surface area contributed by atoms with Crippen molar-refractivity contribution in [3.05, 3.63) is 45.0 Å². The number of hydrogen-bond acceptors (Lipinski definition) is 6. The quantitative estimate of drug-likeness (QED) is 0.709. The van der Waals surface area contributed by atoms with Crippen LogP contribution in [0.15, 0.2) is 33.9 Å². The first-order valence-electron chi connectivity index (χ1n) is 9.04. The molecule has 1 aliphatic heterocycles. The number of rotatable bonds is 7. The third-order valence-corrected chi connectivity index (χ3v) is 4.23. The van der Waals surface area contributed by atoms with E-state index in [-0.39, 0.29) is 12.5 Å². The maximum absolute atomic E-state index is 12.4. The zero-order valence-electron chi connectivity index (χ0n) is 15.5. The molecule has 2 heterocycles. The van der Waals surface area contributed by atoms with Gasteiger partial charge in [0.05, 0.1) is 6.61 Å². The lowest BCUT2D eigenvalue weighted by molar-refractivity contribution is -0.121. The highest BCUT2D eigenvalue weighted by Gasteiger charge is 2.26. The van der Waals surface area contributed by atoms with Gasteiger partial charge in [-0.1, -0.05) is 6.92 Å². The van der Waals surface area contributed by atoms with Crippen LogP contribution >= 0.6 is 0 Å². The van der Waals surface area contributed by atoms with Gasteiger partial charge in [0.15, 0.2) is 0 Å². The number of aromatic nitrogens is 3. The van der Waals surface area contributed by atoms with Crippen LogP contribution in [0.5, 0.6) is 5.75 Å². The van der Waals surface area contributed by atoms with Crippen LogP contribution in [0.1, 0.15) is 20.3 Å². The molecular weight excluding hydrogens is 350 g/mol. The predicted octanol–water partition coefficient (Wildman–Crippen LogP) is 0.482. The van der Waals surface area contributed by atoms with Crippen LogP contribution in [-0.4, -0.2) is 40.0 Å². The molecule has 9 nitrogen and oxygen atoms in total. The number of carbonyl (C=O) groups excluding carboxylic acids is 1. The summed E-state index contributed by atoms with van der Waals surface area (Å²) in [4.78, 5) is 38.4. The highest BCUT2D eigenvalue weighted by Crippen LogP contribution is 2.27. The van der Waals surface area contributed by atoms with Gasteiger partial charge >= 0.3 is 11.1 Å². The Balaban J connectivity index is 1.91. The lowest BCUT2D eigenvalue weighted by Crippen LogP contribution is -2.44. The van der Waals surface area contributed by atoms with Crippen molar-refractivity contribution in [2.75, 3.05) is 24.6 Å². The lowest BCUT2D eigenvalue weighted by atomic mass is 10.3. The molecule has 0 saturated heterocycles. The van der Waals surface area contributed by atoms with E-state index in [9.17, 15) is 14.4 Å². The van der Waals surface area contributed by atoms with Crippen LogP contribution in [-0.2, 0) is 17.9 Å². The van der Waals surface area contributed by atoms with Gasteiger partial charge in [-0.05, 0) is 37.6 Å². The lowest BCUT2D eigenvalue weighted by Gasteiger charge is -2.18. The number of nitrogens with zero attached hydrogens (tertiary/aromatic N) is 4. The number of hydrogen-bond donors (Lipinski definition) is 1. The maximum atomic E-state index is 12.4. The van der Waals surface area contributed by atoms with Crippen molar-refractivity contribution in [3.8, 4) is 5.75 Å². The third-order valence-electron chi connectivity index (χ3n) is 4.23. The first-order valence-corrected chi connectivity index (χ1v) is 9.04. The molecule has 0 saturated carbocycles. The summed E-state index contributed by atoms with van der Waals surface area (Å²) in [5.74, 6) is 0.761. The minimum absolute atomic E-state index is 0.279. The van der Waals surface area contributed by atoms with E-state index < -0.39 is 11.1 Å². The van der Waals surface area contributed by atoms with Gasteiger partial charge < -0.3 is 15.0 Å². The number of benzene rings is 1. The summed E-state index contributed by atoms with van der Waals surface area (Å²) in [5, 5.41) is 6.96. The smallest absolute Gasteiger partial charge is 0.333 e. The van der Waals surface area contributed by atoms with E-state index in [4.69, 9.17) is 4.74 Å². The van der Waals surface area contributed by atoms with E-state index in [1.54, 1.807) is 0 Å². The molecule has 1 amide bonds. The van der Waals surface area contributed by atoms with Crippen LogP contribution < -0.4 is 26.1 Å². The summed E-state index contributed by atoms with van der Waals surface area (Å²) in [6.45, 7) is 5.54. The molecule has 1 N–H and O–H groups in total. The Bertz CT molecular complexity index is 932. The van der Waals surface area contributed by atoms with Crippen LogP contribution in [0, 0.1) is 0 Å². The van der Waals surface area contributed by atoms with E-state index in [2.05, 4.69) is 10.4 Å². The van der Waals surface area contributed by atoms with Crippen molar-refractivity contribution in [3.63, 3.8) is 0 Å². The van der Waals surface area contributed by atoms with Gasteiger partial charge in [-0.2, -0.15) is 0 Å². The molecule has 3 rings (SSSR count). The fraction of sp³-hybridized carbons (Fsp3) is 0.444. The SMILES string of the molecule is CCCNC(=O)Cn1nc2n(c(=O)c1=O)CCN2c1ccc(OCC)cc1. The molecular formula is C18H23N5O4. The summed E-state index contributed by atoms with van der Waals surface area (Å²) in [5.41, 5.74) is -0.632. The summed E-state index contributed by atoms with van der Waals surface area (Å²) < 4.78 is 7.73.